The Bertz CT molecular complexity index is 3340. The maximum Gasteiger partial charge on any atom is 0.131 e. The molecule has 0 aliphatic carbocycles. The monoisotopic (exact) mass is 754 g/mol. The number of hydrogen-bond acceptors (Lipinski definition) is 3. The second kappa shape index (κ2) is 13.6. The van der Waals surface area contributed by atoms with Crippen LogP contribution in [0.3, 0.4) is 0 Å². The first kappa shape index (κ1) is 33.6. The van der Waals surface area contributed by atoms with E-state index in [4.69, 9.17) is 4.99 Å². The van der Waals surface area contributed by atoms with Gasteiger partial charge in [0.25, 0.3) is 0 Å². The van der Waals surface area contributed by atoms with Gasteiger partial charge in [0.15, 0.2) is 0 Å². The van der Waals surface area contributed by atoms with Crippen LogP contribution >= 0.6 is 0 Å². The fourth-order valence-corrected chi connectivity index (χ4v) is 9.44. The molecule has 2 N–H and O–H groups in total. The van der Waals surface area contributed by atoms with Gasteiger partial charge in [-0.2, -0.15) is 0 Å². The number of aromatic nitrogens is 1. The minimum Gasteiger partial charge on any atom is -0.350 e. The molecule has 278 valence electrons. The second-order valence-corrected chi connectivity index (χ2v) is 15.6. The van der Waals surface area contributed by atoms with E-state index in [1.165, 1.54) is 76.0 Å². The summed E-state index contributed by atoms with van der Waals surface area (Å²) >= 11 is 0. The van der Waals surface area contributed by atoms with Gasteiger partial charge in [-0.25, -0.2) is 4.99 Å². The SMILES string of the molecule is c1ccc(C2=NC(c3ccc(-c4ccc(-n5c6ccc7ccccc7c6c6c7ccccc7ccc65)cc4)cc3)NC(c3cc4ccccc4c4ccccc34)N2)cc1. The lowest BCUT2D eigenvalue weighted by Crippen LogP contribution is -2.45. The van der Waals surface area contributed by atoms with E-state index in [-0.39, 0.29) is 12.3 Å². The van der Waals surface area contributed by atoms with Gasteiger partial charge in [0.2, 0.25) is 0 Å². The highest BCUT2D eigenvalue weighted by atomic mass is 15.3. The van der Waals surface area contributed by atoms with Crippen LogP contribution < -0.4 is 10.6 Å². The molecule has 2 unspecified atom stereocenters. The fourth-order valence-electron chi connectivity index (χ4n) is 9.44. The Labute approximate surface area is 341 Å². The molecule has 2 heterocycles. The molecule has 4 nitrogen and oxygen atoms in total. The topological polar surface area (TPSA) is 41.4 Å². The van der Waals surface area contributed by atoms with Gasteiger partial charge in [-0.05, 0) is 95.7 Å². The third-order valence-electron chi connectivity index (χ3n) is 12.3. The molecule has 10 aromatic carbocycles. The standard InChI is InChI=1S/C55H38N4/c1-2-14-39(15-3-1)53-56-54(58-55(57-53)48-34-41-16-6-7-17-43(41)46-20-10-11-21-47(46)48)40-24-22-35(23-25-40)36-26-30-42(31-27-36)59-49-32-28-37-12-4-8-18-44(37)51(49)52-45-19-9-5-13-38(45)29-33-50(52)59/h1-34,54-55,58H,(H,56,57). The summed E-state index contributed by atoms with van der Waals surface area (Å²) in [6.45, 7) is 0. The third-order valence-corrected chi connectivity index (χ3v) is 12.3. The van der Waals surface area contributed by atoms with Gasteiger partial charge in [0, 0.05) is 22.0 Å². The van der Waals surface area contributed by atoms with E-state index in [1.54, 1.807) is 0 Å². The van der Waals surface area contributed by atoms with E-state index in [9.17, 15) is 0 Å². The average molecular weight is 755 g/mol. The molecule has 2 atom stereocenters. The largest absolute Gasteiger partial charge is 0.350 e. The molecule has 1 aliphatic rings. The highest BCUT2D eigenvalue weighted by molar-refractivity contribution is 6.28. The Kier molecular flexibility index (Phi) is 7.72. The van der Waals surface area contributed by atoms with Crippen LogP contribution in [-0.2, 0) is 0 Å². The molecule has 0 spiro atoms. The Morgan fingerprint density at radius 2 is 0.932 bits per heavy atom. The van der Waals surface area contributed by atoms with Crippen LogP contribution in [0.1, 0.15) is 29.0 Å². The predicted octanol–water partition coefficient (Wildman–Crippen LogP) is 13.4. The number of fused-ring (bicyclic) bond motifs is 10. The number of rotatable bonds is 5. The smallest absolute Gasteiger partial charge is 0.131 e. The van der Waals surface area contributed by atoms with E-state index in [0.717, 1.165) is 28.2 Å². The van der Waals surface area contributed by atoms with Crippen molar-refractivity contribution in [1.29, 1.82) is 0 Å². The zero-order valence-corrected chi connectivity index (χ0v) is 32.2. The van der Waals surface area contributed by atoms with Gasteiger partial charge in [-0.1, -0.05) is 176 Å². The van der Waals surface area contributed by atoms with Crippen molar-refractivity contribution < 1.29 is 0 Å². The molecule has 0 bridgehead atoms. The van der Waals surface area contributed by atoms with E-state index >= 15 is 0 Å². The van der Waals surface area contributed by atoms with Crippen molar-refractivity contribution in [2.45, 2.75) is 12.3 Å². The van der Waals surface area contributed by atoms with Gasteiger partial charge in [0.05, 0.1) is 11.0 Å². The maximum atomic E-state index is 5.26. The normalized spacial score (nSPS) is 15.6. The highest BCUT2D eigenvalue weighted by Crippen LogP contribution is 2.41. The summed E-state index contributed by atoms with van der Waals surface area (Å²) in [5, 5.41) is 20.3. The summed E-state index contributed by atoms with van der Waals surface area (Å²) in [4.78, 5) is 5.26. The summed E-state index contributed by atoms with van der Waals surface area (Å²) in [6, 6.07) is 74.6. The van der Waals surface area contributed by atoms with E-state index in [0.29, 0.717) is 0 Å². The van der Waals surface area contributed by atoms with Crippen LogP contribution in [0.2, 0.25) is 0 Å². The lowest BCUT2D eigenvalue weighted by molar-refractivity contribution is 0.411. The molecule has 0 saturated heterocycles. The first-order valence-electron chi connectivity index (χ1n) is 20.4. The number of benzene rings is 10. The maximum absolute atomic E-state index is 5.26. The molecule has 12 rings (SSSR count). The molecule has 0 amide bonds. The Morgan fingerprint density at radius 3 is 1.58 bits per heavy atom. The van der Waals surface area contributed by atoms with E-state index in [1.807, 2.05) is 0 Å². The van der Waals surface area contributed by atoms with Crippen LogP contribution in [0.4, 0.5) is 0 Å². The average Bonchev–Trinajstić information content (AvgIpc) is 3.67. The predicted molar refractivity (Wildman–Crippen MR) is 247 cm³/mol. The van der Waals surface area contributed by atoms with Gasteiger partial charge in [-0.3, -0.25) is 5.32 Å². The molecule has 0 saturated carbocycles. The molecule has 1 aliphatic heterocycles. The van der Waals surface area contributed by atoms with E-state index < -0.39 is 0 Å². The number of aliphatic imine (C=N–C) groups is 1. The molecular formula is C55H38N4. The first-order valence-corrected chi connectivity index (χ1v) is 20.4. The number of nitrogens with zero attached hydrogens (tertiary/aromatic N) is 2. The van der Waals surface area contributed by atoms with Crippen molar-refractivity contribution in [2.75, 3.05) is 0 Å². The summed E-state index contributed by atoms with van der Waals surface area (Å²) < 4.78 is 2.43. The van der Waals surface area contributed by atoms with Crippen molar-refractivity contribution in [3.8, 4) is 16.8 Å². The number of hydrogen-bond donors (Lipinski definition) is 2. The lowest BCUT2D eigenvalue weighted by Gasteiger charge is -2.33. The first-order chi connectivity index (χ1) is 29.2. The summed E-state index contributed by atoms with van der Waals surface area (Å²) in [5.74, 6) is 0.877. The minimum atomic E-state index is -0.249. The fraction of sp³-hybridized carbons (Fsp3) is 0.0364. The van der Waals surface area contributed by atoms with Gasteiger partial charge in [0.1, 0.15) is 18.2 Å². The number of nitrogens with one attached hydrogen (secondary N) is 2. The van der Waals surface area contributed by atoms with Crippen LogP contribution in [0.25, 0.3) is 81.7 Å². The summed E-state index contributed by atoms with van der Waals surface area (Å²) in [5.41, 5.74) is 9.29. The van der Waals surface area contributed by atoms with E-state index in [2.05, 4.69) is 221 Å². The van der Waals surface area contributed by atoms with Gasteiger partial charge >= 0.3 is 0 Å². The van der Waals surface area contributed by atoms with Crippen molar-refractivity contribution >= 4 is 70.7 Å². The van der Waals surface area contributed by atoms with Crippen molar-refractivity contribution in [1.82, 2.24) is 15.2 Å². The Morgan fingerprint density at radius 1 is 0.407 bits per heavy atom. The minimum absolute atomic E-state index is 0.161. The van der Waals surface area contributed by atoms with Crippen molar-refractivity contribution in [3.05, 3.63) is 223 Å². The highest BCUT2D eigenvalue weighted by Gasteiger charge is 2.27. The molecular weight excluding hydrogens is 717 g/mol. The Hall–Kier alpha value is -7.53. The third kappa shape index (κ3) is 5.53. The van der Waals surface area contributed by atoms with Crippen LogP contribution in [0.15, 0.2) is 211 Å². The van der Waals surface area contributed by atoms with Gasteiger partial charge in [-0.15, -0.1) is 0 Å². The molecule has 59 heavy (non-hydrogen) atoms. The number of amidine groups is 1. The molecule has 4 heteroatoms. The molecule has 0 radical (unpaired) electrons. The van der Waals surface area contributed by atoms with Crippen molar-refractivity contribution in [2.24, 2.45) is 4.99 Å². The quantitative estimate of drug-likeness (QED) is 0.172. The molecule has 1 aromatic heterocycles. The Balaban J connectivity index is 0.911. The van der Waals surface area contributed by atoms with Crippen LogP contribution in [-0.4, -0.2) is 10.4 Å². The van der Waals surface area contributed by atoms with Gasteiger partial charge < -0.3 is 9.88 Å². The van der Waals surface area contributed by atoms with Crippen LogP contribution in [0, 0.1) is 0 Å². The zero-order valence-electron chi connectivity index (χ0n) is 32.2. The second-order valence-electron chi connectivity index (χ2n) is 15.6. The lowest BCUT2D eigenvalue weighted by atomic mass is 9.95. The van der Waals surface area contributed by atoms with Crippen LogP contribution in [0.5, 0.6) is 0 Å². The molecule has 11 aromatic rings. The van der Waals surface area contributed by atoms with Crippen molar-refractivity contribution in [3.63, 3.8) is 0 Å². The zero-order chi connectivity index (χ0) is 38.9. The molecule has 0 fully saturated rings. The summed E-state index contributed by atoms with van der Waals surface area (Å²) in [6.07, 6.45) is -0.410. The summed E-state index contributed by atoms with van der Waals surface area (Å²) in [7, 11) is 0.